The molecule has 1 aromatic carbocycles. The van der Waals surface area contributed by atoms with Crippen molar-refractivity contribution < 1.29 is 9.47 Å². The van der Waals surface area contributed by atoms with Gasteiger partial charge in [0.15, 0.2) is 0 Å². The molecule has 1 N–H and O–H groups in total. The van der Waals surface area contributed by atoms with E-state index < -0.39 is 0 Å². The second-order valence-electron chi connectivity index (χ2n) is 4.01. The van der Waals surface area contributed by atoms with Crippen LogP contribution in [-0.2, 0) is 11.3 Å². The van der Waals surface area contributed by atoms with Crippen LogP contribution in [0.4, 0.5) is 0 Å². The van der Waals surface area contributed by atoms with Gasteiger partial charge in [-0.3, -0.25) is 0 Å². The minimum atomic E-state index is 0.492. The van der Waals surface area contributed by atoms with E-state index >= 15 is 0 Å². The fraction of sp³-hybridized carbons (Fsp3) is 0.500. The smallest absolute Gasteiger partial charge is 0.142 e. The molecule has 0 aromatic heterocycles. The number of rotatable bonds is 9. The van der Waals surface area contributed by atoms with Crippen molar-refractivity contribution in [2.75, 3.05) is 26.9 Å². The Balaban J connectivity index is 2.54. The molecule has 0 saturated carbocycles. The van der Waals surface area contributed by atoms with Crippen molar-refractivity contribution in [3.05, 3.63) is 28.8 Å². The van der Waals surface area contributed by atoms with Gasteiger partial charge >= 0.3 is 0 Å². The van der Waals surface area contributed by atoms with Gasteiger partial charge in [0.1, 0.15) is 5.75 Å². The first-order valence-corrected chi connectivity index (χ1v) is 6.64. The standard InChI is InChI=1S/C14H19ClN2O2/c1-18-10-8-17-11-12-5-4-6-13(15)14(12)19-9-3-2-7-16/h4-6,17H,2-3,8-11H2,1H3. The number of para-hydroxylation sites is 1. The van der Waals surface area contributed by atoms with Gasteiger partial charge in [-0.15, -0.1) is 0 Å². The minimum Gasteiger partial charge on any atom is -0.492 e. The maximum Gasteiger partial charge on any atom is 0.142 e. The van der Waals surface area contributed by atoms with Crippen molar-refractivity contribution in [3.8, 4) is 11.8 Å². The summed E-state index contributed by atoms with van der Waals surface area (Å²) < 4.78 is 10.6. The van der Waals surface area contributed by atoms with Gasteiger partial charge in [0.25, 0.3) is 0 Å². The van der Waals surface area contributed by atoms with E-state index in [4.69, 9.17) is 26.3 Å². The summed E-state index contributed by atoms with van der Waals surface area (Å²) in [5, 5.41) is 12.3. The molecule has 0 atom stereocenters. The van der Waals surface area contributed by atoms with E-state index in [9.17, 15) is 0 Å². The molecule has 1 rings (SSSR count). The molecular formula is C14H19ClN2O2. The molecule has 0 saturated heterocycles. The molecule has 0 aliphatic rings. The van der Waals surface area contributed by atoms with Crippen LogP contribution in [0.2, 0.25) is 5.02 Å². The third-order valence-electron chi connectivity index (χ3n) is 2.53. The molecule has 104 valence electrons. The van der Waals surface area contributed by atoms with Crippen LogP contribution in [0.15, 0.2) is 18.2 Å². The number of benzene rings is 1. The quantitative estimate of drug-likeness (QED) is 0.708. The Kier molecular flexibility index (Phi) is 7.99. The second-order valence-corrected chi connectivity index (χ2v) is 4.41. The van der Waals surface area contributed by atoms with E-state index in [2.05, 4.69) is 11.4 Å². The molecule has 0 amide bonds. The molecule has 0 heterocycles. The Bertz CT molecular complexity index is 418. The van der Waals surface area contributed by atoms with Gasteiger partial charge in [-0.2, -0.15) is 5.26 Å². The van der Waals surface area contributed by atoms with Crippen LogP contribution in [0.25, 0.3) is 0 Å². The highest BCUT2D eigenvalue weighted by Gasteiger charge is 2.08. The summed E-state index contributed by atoms with van der Waals surface area (Å²) in [6.45, 7) is 2.62. The first kappa shape index (κ1) is 15.8. The van der Waals surface area contributed by atoms with E-state index in [1.165, 1.54) is 0 Å². The molecular weight excluding hydrogens is 264 g/mol. The van der Waals surface area contributed by atoms with Crippen molar-refractivity contribution in [1.82, 2.24) is 5.32 Å². The summed E-state index contributed by atoms with van der Waals surface area (Å²) in [7, 11) is 1.67. The van der Waals surface area contributed by atoms with Crippen molar-refractivity contribution in [2.24, 2.45) is 0 Å². The maximum atomic E-state index is 8.49. The van der Waals surface area contributed by atoms with Gasteiger partial charge in [0.2, 0.25) is 0 Å². The fourth-order valence-corrected chi connectivity index (χ4v) is 1.83. The van der Waals surface area contributed by atoms with Gasteiger partial charge in [-0.05, 0) is 12.5 Å². The second kappa shape index (κ2) is 9.62. The van der Waals surface area contributed by atoms with Crippen LogP contribution in [0.5, 0.6) is 5.75 Å². The average Bonchev–Trinajstić information content (AvgIpc) is 2.42. The predicted molar refractivity (Wildman–Crippen MR) is 75.4 cm³/mol. The molecule has 4 nitrogen and oxygen atoms in total. The molecule has 19 heavy (non-hydrogen) atoms. The highest BCUT2D eigenvalue weighted by Crippen LogP contribution is 2.28. The maximum absolute atomic E-state index is 8.49. The number of unbranched alkanes of at least 4 members (excludes halogenated alkanes) is 1. The normalized spacial score (nSPS) is 10.2. The molecule has 0 aliphatic carbocycles. The zero-order valence-corrected chi connectivity index (χ0v) is 11.9. The van der Waals surface area contributed by atoms with Crippen LogP contribution in [0.3, 0.4) is 0 Å². The van der Waals surface area contributed by atoms with Crippen LogP contribution in [0, 0.1) is 11.3 Å². The van der Waals surface area contributed by atoms with Crippen molar-refractivity contribution in [3.63, 3.8) is 0 Å². The molecule has 1 aromatic rings. The largest absolute Gasteiger partial charge is 0.492 e. The number of nitriles is 1. The van der Waals surface area contributed by atoms with E-state index in [1.807, 2.05) is 12.1 Å². The van der Waals surface area contributed by atoms with Crippen LogP contribution in [-0.4, -0.2) is 26.9 Å². The summed E-state index contributed by atoms with van der Waals surface area (Å²) in [5.74, 6) is 0.701. The van der Waals surface area contributed by atoms with Gasteiger partial charge < -0.3 is 14.8 Å². The van der Waals surface area contributed by atoms with E-state index in [1.54, 1.807) is 13.2 Å². The third kappa shape index (κ3) is 5.93. The van der Waals surface area contributed by atoms with E-state index in [0.717, 1.165) is 12.1 Å². The number of nitrogens with one attached hydrogen (secondary N) is 1. The molecule has 0 unspecified atom stereocenters. The third-order valence-corrected chi connectivity index (χ3v) is 2.82. The number of nitrogens with zero attached hydrogens (tertiary/aromatic N) is 1. The average molecular weight is 283 g/mol. The zero-order chi connectivity index (χ0) is 13.9. The Morgan fingerprint density at radius 2 is 2.21 bits per heavy atom. The lowest BCUT2D eigenvalue weighted by Gasteiger charge is -2.13. The Morgan fingerprint density at radius 1 is 1.37 bits per heavy atom. The fourth-order valence-electron chi connectivity index (χ4n) is 1.58. The number of ether oxygens (including phenoxy) is 2. The monoisotopic (exact) mass is 282 g/mol. The molecule has 0 fully saturated rings. The molecule has 5 heteroatoms. The first-order valence-electron chi connectivity index (χ1n) is 6.26. The topological polar surface area (TPSA) is 54.3 Å². The summed E-state index contributed by atoms with van der Waals surface area (Å²) >= 11 is 6.14. The van der Waals surface area contributed by atoms with E-state index in [0.29, 0.717) is 43.4 Å². The van der Waals surface area contributed by atoms with Crippen LogP contribution >= 0.6 is 11.6 Å². The predicted octanol–water partition coefficient (Wildman–Crippen LogP) is 2.76. The summed E-state index contributed by atoms with van der Waals surface area (Å²) in [5.41, 5.74) is 1.01. The molecule has 0 spiro atoms. The Hall–Kier alpha value is -1.28. The van der Waals surface area contributed by atoms with Crippen molar-refractivity contribution in [1.29, 1.82) is 5.26 Å². The molecule has 0 aliphatic heterocycles. The Labute approximate surface area is 119 Å². The number of methoxy groups -OCH3 is 1. The summed E-state index contributed by atoms with van der Waals surface area (Å²) in [4.78, 5) is 0. The first-order chi connectivity index (χ1) is 9.29. The van der Waals surface area contributed by atoms with Gasteiger partial charge in [-0.25, -0.2) is 0 Å². The minimum absolute atomic E-state index is 0.492. The van der Waals surface area contributed by atoms with Crippen LogP contribution < -0.4 is 10.1 Å². The number of halogens is 1. The highest BCUT2D eigenvalue weighted by atomic mass is 35.5. The number of hydrogen-bond acceptors (Lipinski definition) is 4. The lowest BCUT2D eigenvalue weighted by atomic mass is 10.2. The highest BCUT2D eigenvalue weighted by molar-refractivity contribution is 6.32. The van der Waals surface area contributed by atoms with Crippen LogP contribution in [0.1, 0.15) is 18.4 Å². The molecule has 0 bridgehead atoms. The Morgan fingerprint density at radius 3 is 2.95 bits per heavy atom. The summed E-state index contributed by atoms with van der Waals surface area (Å²) in [6.07, 6.45) is 1.20. The van der Waals surface area contributed by atoms with E-state index in [-0.39, 0.29) is 0 Å². The SMILES string of the molecule is COCCNCc1cccc(Cl)c1OCCCC#N. The lowest BCUT2D eigenvalue weighted by molar-refractivity contribution is 0.199. The zero-order valence-electron chi connectivity index (χ0n) is 11.1. The van der Waals surface area contributed by atoms with Gasteiger partial charge in [-0.1, -0.05) is 23.7 Å². The lowest BCUT2D eigenvalue weighted by Crippen LogP contribution is -2.19. The van der Waals surface area contributed by atoms with Gasteiger partial charge in [0, 0.05) is 32.2 Å². The van der Waals surface area contributed by atoms with Crippen molar-refractivity contribution >= 4 is 11.6 Å². The number of hydrogen-bond donors (Lipinski definition) is 1. The summed E-state index contributed by atoms with van der Waals surface area (Å²) in [6, 6.07) is 7.78. The van der Waals surface area contributed by atoms with Crippen molar-refractivity contribution in [2.45, 2.75) is 19.4 Å². The van der Waals surface area contributed by atoms with Gasteiger partial charge in [0.05, 0.1) is 24.3 Å². The molecule has 0 radical (unpaired) electrons.